The van der Waals surface area contributed by atoms with Gasteiger partial charge in [0.1, 0.15) is 6.04 Å². The van der Waals surface area contributed by atoms with Gasteiger partial charge >= 0.3 is 18.1 Å². The van der Waals surface area contributed by atoms with Gasteiger partial charge in [-0.25, -0.2) is 4.79 Å². The number of carbonyl (C=O) groups excluding carboxylic acids is 1. The molecule has 0 spiro atoms. The summed E-state index contributed by atoms with van der Waals surface area (Å²) in [6, 6.07) is -1.47. The number of likely N-dealkylation sites (N-methyl/N-ethyl adjacent to an activating group) is 1. The predicted octanol–water partition coefficient (Wildman–Crippen LogP) is 0.887. The molecule has 1 rings (SSSR count). The number of carboxylic acid groups (broad SMARTS) is 1. The Morgan fingerprint density at radius 1 is 1.33 bits per heavy atom. The highest BCUT2D eigenvalue weighted by molar-refractivity contribution is 5.87. The van der Waals surface area contributed by atoms with Gasteiger partial charge in [0.25, 0.3) is 0 Å². The smallest absolute Gasteiger partial charge is 0.471 e. The van der Waals surface area contributed by atoms with Gasteiger partial charge < -0.3 is 14.7 Å². The summed E-state index contributed by atoms with van der Waals surface area (Å²) in [4.78, 5) is 22.4. The molecule has 5 nitrogen and oxygen atoms in total. The number of ether oxygens (including phenoxy) is 1. The second-order valence-electron chi connectivity index (χ2n) is 4.15. The minimum atomic E-state index is -5.06. The zero-order chi connectivity index (χ0) is 13.9. The molecule has 1 aliphatic rings. The van der Waals surface area contributed by atoms with Crippen molar-refractivity contribution in [2.75, 3.05) is 20.3 Å². The summed E-state index contributed by atoms with van der Waals surface area (Å²) < 4.78 is 41.9. The molecule has 0 aromatic carbocycles. The molecule has 104 valence electrons. The number of carboxylic acids is 1. The molecule has 1 heterocycles. The summed E-state index contributed by atoms with van der Waals surface area (Å²) in [5, 5.41) is 9.01. The average Bonchev–Trinajstić information content (AvgIpc) is 2.27. The van der Waals surface area contributed by atoms with Gasteiger partial charge in [0.2, 0.25) is 0 Å². The van der Waals surface area contributed by atoms with Gasteiger partial charge in [-0.05, 0) is 18.8 Å². The number of amides is 1. The number of hydrogen-bond acceptors (Lipinski definition) is 3. The van der Waals surface area contributed by atoms with E-state index in [-0.39, 0.29) is 4.90 Å². The lowest BCUT2D eigenvalue weighted by Gasteiger charge is -2.33. The van der Waals surface area contributed by atoms with E-state index in [0.29, 0.717) is 26.1 Å². The maximum Gasteiger partial charge on any atom is 0.471 e. The molecule has 1 saturated heterocycles. The molecular formula is C10H14F3NO4. The molecule has 1 amide bonds. The number of halogens is 3. The SMILES string of the molecule is CN(C(=O)C(F)(F)F)C(C(=O)O)C1CCOCC1. The van der Waals surface area contributed by atoms with Gasteiger partial charge in [-0.1, -0.05) is 0 Å². The van der Waals surface area contributed by atoms with Crippen LogP contribution in [0.2, 0.25) is 0 Å². The van der Waals surface area contributed by atoms with E-state index in [4.69, 9.17) is 9.84 Å². The standard InChI is InChI=1S/C10H14F3NO4/c1-14(9(17)10(11,12)13)7(8(15)16)6-2-4-18-5-3-6/h6-7H,2-5H2,1H3,(H,15,16). The summed E-state index contributed by atoms with van der Waals surface area (Å²) in [6.45, 7) is 0.588. The Labute approximate surface area is 102 Å². The van der Waals surface area contributed by atoms with Crippen LogP contribution >= 0.6 is 0 Å². The van der Waals surface area contributed by atoms with Crippen molar-refractivity contribution in [3.8, 4) is 0 Å². The second-order valence-corrected chi connectivity index (χ2v) is 4.15. The van der Waals surface area contributed by atoms with Gasteiger partial charge in [-0.3, -0.25) is 4.79 Å². The molecule has 0 saturated carbocycles. The van der Waals surface area contributed by atoms with E-state index in [2.05, 4.69) is 0 Å². The van der Waals surface area contributed by atoms with E-state index in [1.165, 1.54) is 0 Å². The minimum absolute atomic E-state index is 0.262. The molecule has 0 aromatic rings. The first-order valence-electron chi connectivity index (χ1n) is 5.39. The zero-order valence-corrected chi connectivity index (χ0v) is 9.74. The highest BCUT2D eigenvalue weighted by atomic mass is 19.4. The van der Waals surface area contributed by atoms with Gasteiger partial charge in [0.05, 0.1) is 0 Å². The summed E-state index contributed by atoms with van der Waals surface area (Å²) in [6.07, 6.45) is -4.41. The molecule has 0 aromatic heterocycles. The lowest BCUT2D eigenvalue weighted by molar-refractivity contribution is -0.190. The van der Waals surface area contributed by atoms with Gasteiger partial charge in [0, 0.05) is 20.3 Å². The van der Waals surface area contributed by atoms with Gasteiger partial charge in [-0.2, -0.15) is 13.2 Å². The lowest BCUT2D eigenvalue weighted by atomic mass is 9.90. The first-order valence-corrected chi connectivity index (χ1v) is 5.39. The minimum Gasteiger partial charge on any atom is -0.480 e. The normalized spacial score (nSPS) is 19.3. The fourth-order valence-corrected chi connectivity index (χ4v) is 2.04. The van der Waals surface area contributed by atoms with Crippen molar-refractivity contribution in [1.29, 1.82) is 0 Å². The Balaban J connectivity index is 2.84. The number of carbonyl (C=O) groups is 2. The molecule has 1 atom stereocenters. The summed E-state index contributed by atoms with van der Waals surface area (Å²) >= 11 is 0. The number of hydrogen-bond donors (Lipinski definition) is 1. The fourth-order valence-electron chi connectivity index (χ4n) is 2.04. The van der Waals surface area contributed by atoms with E-state index in [9.17, 15) is 22.8 Å². The fraction of sp³-hybridized carbons (Fsp3) is 0.800. The van der Waals surface area contributed by atoms with Crippen LogP contribution in [-0.2, 0) is 14.3 Å². The average molecular weight is 269 g/mol. The third-order valence-electron chi connectivity index (χ3n) is 2.95. The Morgan fingerprint density at radius 3 is 2.22 bits per heavy atom. The van der Waals surface area contributed by atoms with Crippen molar-refractivity contribution in [2.24, 2.45) is 5.92 Å². The van der Waals surface area contributed by atoms with Crippen LogP contribution in [0.25, 0.3) is 0 Å². The summed E-state index contributed by atoms with van der Waals surface area (Å²) in [5.74, 6) is -4.09. The number of nitrogens with zero attached hydrogens (tertiary/aromatic N) is 1. The van der Waals surface area contributed by atoms with Crippen LogP contribution in [0.15, 0.2) is 0 Å². The van der Waals surface area contributed by atoms with Crippen molar-refractivity contribution >= 4 is 11.9 Å². The maximum absolute atomic E-state index is 12.3. The van der Waals surface area contributed by atoms with E-state index < -0.39 is 30.0 Å². The monoisotopic (exact) mass is 269 g/mol. The van der Waals surface area contributed by atoms with Crippen molar-refractivity contribution in [1.82, 2.24) is 4.90 Å². The molecule has 8 heteroatoms. The van der Waals surface area contributed by atoms with Crippen molar-refractivity contribution in [3.63, 3.8) is 0 Å². The Kier molecular flexibility index (Phi) is 4.55. The molecule has 1 aliphatic heterocycles. The van der Waals surface area contributed by atoms with E-state index >= 15 is 0 Å². The molecule has 0 aliphatic carbocycles. The summed E-state index contributed by atoms with van der Waals surface area (Å²) in [5.41, 5.74) is 0. The van der Waals surface area contributed by atoms with E-state index in [1.807, 2.05) is 0 Å². The number of aliphatic carboxylic acids is 1. The third kappa shape index (κ3) is 3.34. The van der Waals surface area contributed by atoms with Gasteiger partial charge in [0.15, 0.2) is 0 Å². The number of alkyl halides is 3. The van der Waals surface area contributed by atoms with E-state index in [1.54, 1.807) is 0 Å². The van der Waals surface area contributed by atoms with Gasteiger partial charge in [-0.15, -0.1) is 0 Å². The maximum atomic E-state index is 12.3. The van der Waals surface area contributed by atoms with Crippen molar-refractivity contribution < 1.29 is 32.6 Å². The van der Waals surface area contributed by atoms with Crippen molar-refractivity contribution in [3.05, 3.63) is 0 Å². The molecule has 18 heavy (non-hydrogen) atoms. The number of rotatable bonds is 3. The van der Waals surface area contributed by atoms with Crippen LogP contribution in [0.4, 0.5) is 13.2 Å². The van der Waals surface area contributed by atoms with Crippen LogP contribution in [0, 0.1) is 5.92 Å². The lowest BCUT2D eigenvalue weighted by Crippen LogP contribution is -2.52. The molecule has 0 bridgehead atoms. The third-order valence-corrected chi connectivity index (χ3v) is 2.95. The quantitative estimate of drug-likeness (QED) is 0.826. The molecule has 1 fully saturated rings. The predicted molar refractivity (Wildman–Crippen MR) is 53.8 cm³/mol. The highest BCUT2D eigenvalue weighted by Gasteiger charge is 2.46. The first kappa shape index (κ1) is 14.7. The van der Waals surface area contributed by atoms with E-state index in [0.717, 1.165) is 7.05 Å². The molecule has 0 radical (unpaired) electrons. The van der Waals surface area contributed by atoms with Crippen LogP contribution < -0.4 is 0 Å². The highest BCUT2D eigenvalue weighted by Crippen LogP contribution is 2.26. The first-order chi connectivity index (χ1) is 8.25. The Hall–Kier alpha value is -1.31. The van der Waals surface area contributed by atoms with Crippen LogP contribution in [0.1, 0.15) is 12.8 Å². The van der Waals surface area contributed by atoms with Crippen LogP contribution in [-0.4, -0.2) is 54.4 Å². The molecule has 1 unspecified atom stereocenters. The molecule has 1 N–H and O–H groups in total. The zero-order valence-electron chi connectivity index (χ0n) is 9.74. The van der Waals surface area contributed by atoms with Crippen LogP contribution in [0.5, 0.6) is 0 Å². The van der Waals surface area contributed by atoms with Crippen LogP contribution in [0.3, 0.4) is 0 Å². The van der Waals surface area contributed by atoms with Crippen molar-refractivity contribution in [2.45, 2.75) is 25.1 Å². The summed E-state index contributed by atoms with van der Waals surface area (Å²) in [7, 11) is 0.865. The Morgan fingerprint density at radius 2 is 1.83 bits per heavy atom. The molecular weight excluding hydrogens is 255 g/mol. The topological polar surface area (TPSA) is 66.8 Å². The Bertz CT molecular complexity index is 326. The second kappa shape index (κ2) is 5.55. The largest absolute Gasteiger partial charge is 0.480 e.